The summed E-state index contributed by atoms with van der Waals surface area (Å²) in [5.74, 6) is -0.246. The van der Waals surface area contributed by atoms with Crippen molar-refractivity contribution in [3.63, 3.8) is 0 Å². The lowest BCUT2D eigenvalue weighted by atomic mass is 10.2. The van der Waals surface area contributed by atoms with Gasteiger partial charge in [0.2, 0.25) is 0 Å². The molecule has 1 aliphatic rings. The Bertz CT molecular complexity index is 523. The second-order valence-electron chi connectivity index (χ2n) is 4.06. The van der Waals surface area contributed by atoms with Crippen LogP contribution >= 0.6 is 0 Å². The highest BCUT2D eigenvalue weighted by Gasteiger charge is 2.29. The average molecular weight is 268 g/mol. The molecule has 0 radical (unpaired) electrons. The minimum Gasteiger partial charge on any atom is -0.472 e. The summed E-state index contributed by atoms with van der Waals surface area (Å²) in [7, 11) is 0. The van der Waals surface area contributed by atoms with Crippen LogP contribution in [0.1, 0.15) is 18.5 Å². The number of hydrogen-bond acceptors (Lipinski definition) is 9. The van der Waals surface area contributed by atoms with E-state index in [0.717, 1.165) is 5.56 Å². The summed E-state index contributed by atoms with van der Waals surface area (Å²) in [5.41, 5.74) is 17.7. The maximum atomic E-state index is 9.76. The molecule has 9 N–H and O–H groups in total. The zero-order valence-corrected chi connectivity index (χ0v) is 10.2. The molecule has 0 spiro atoms. The molecule has 9 heteroatoms. The minimum absolute atomic E-state index is 0.0166. The Kier molecular flexibility index (Phi) is 3.15. The maximum Gasteiger partial charge on any atom is 0.179 e. The molecule has 0 saturated heterocycles. The Hall–Kier alpha value is -2.52. The van der Waals surface area contributed by atoms with Crippen LogP contribution in [-0.4, -0.2) is 20.8 Å². The van der Waals surface area contributed by atoms with Crippen molar-refractivity contribution in [1.29, 1.82) is 0 Å². The van der Waals surface area contributed by atoms with E-state index in [1.807, 2.05) is 6.92 Å². The van der Waals surface area contributed by atoms with E-state index in [9.17, 15) is 10.4 Å². The molecular formula is C10H16N6O3. The minimum atomic E-state index is -0.262. The van der Waals surface area contributed by atoms with Crippen molar-refractivity contribution >= 4 is 0 Å². The molecule has 9 nitrogen and oxygen atoms in total. The topological polar surface area (TPSA) is 150 Å². The number of furan rings is 1. The van der Waals surface area contributed by atoms with Crippen LogP contribution in [0.5, 0.6) is 0 Å². The summed E-state index contributed by atoms with van der Waals surface area (Å²) in [6, 6.07) is 1.52. The first-order valence-corrected chi connectivity index (χ1v) is 5.45. The second kappa shape index (κ2) is 4.63. The zero-order chi connectivity index (χ0) is 14.2. The normalized spacial score (nSPS) is 18.1. The molecular weight excluding hydrogens is 252 g/mol. The third kappa shape index (κ3) is 2.11. The molecule has 0 saturated carbocycles. The first-order valence-electron chi connectivity index (χ1n) is 5.45. The van der Waals surface area contributed by atoms with Crippen LogP contribution in [0.3, 0.4) is 0 Å². The Morgan fingerprint density at radius 3 is 2.47 bits per heavy atom. The fourth-order valence-electron chi connectivity index (χ4n) is 1.62. The predicted molar refractivity (Wildman–Crippen MR) is 64.1 cm³/mol. The van der Waals surface area contributed by atoms with Gasteiger partial charge in [0.05, 0.1) is 18.6 Å². The van der Waals surface area contributed by atoms with E-state index < -0.39 is 0 Å². The molecule has 0 aliphatic carbocycles. The summed E-state index contributed by atoms with van der Waals surface area (Å²) < 4.78 is 4.96. The summed E-state index contributed by atoms with van der Waals surface area (Å²) in [6.07, 6.45) is 3.07. The molecule has 0 bridgehead atoms. The van der Waals surface area contributed by atoms with E-state index in [2.05, 4.69) is 5.32 Å². The van der Waals surface area contributed by atoms with Crippen LogP contribution < -0.4 is 22.5 Å². The molecule has 19 heavy (non-hydrogen) atoms. The van der Waals surface area contributed by atoms with Crippen LogP contribution in [0.25, 0.3) is 0 Å². The van der Waals surface area contributed by atoms with Gasteiger partial charge >= 0.3 is 0 Å². The largest absolute Gasteiger partial charge is 0.472 e. The first kappa shape index (κ1) is 12.9. The van der Waals surface area contributed by atoms with Crippen LogP contribution in [-0.2, 0) is 0 Å². The van der Waals surface area contributed by atoms with Gasteiger partial charge < -0.3 is 26.9 Å². The number of hydrogen-bond donors (Lipinski definition) is 6. The van der Waals surface area contributed by atoms with Crippen molar-refractivity contribution in [3.8, 4) is 0 Å². The molecule has 0 amide bonds. The molecule has 1 atom stereocenters. The van der Waals surface area contributed by atoms with Gasteiger partial charge in [-0.05, 0) is 13.0 Å². The highest BCUT2D eigenvalue weighted by Crippen LogP contribution is 2.22. The summed E-state index contributed by atoms with van der Waals surface area (Å²) >= 11 is 0. The van der Waals surface area contributed by atoms with Gasteiger partial charge in [0.25, 0.3) is 0 Å². The third-order valence-electron chi connectivity index (χ3n) is 2.81. The Morgan fingerprint density at radius 1 is 1.21 bits per heavy atom. The Morgan fingerprint density at radius 2 is 1.89 bits per heavy atom. The molecule has 0 fully saturated rings. The Balaban J connectivity index is 2.28. The SMILES string of the molecule is CC(NC1=C(N)C(N)=C(N)N(O)N1O)c1ccoc1. The standard InChI is InChI=1S/C10H16N6O3/c1-5(6-2-3-19-4-6)14-10-8(12)7(11)9(13)15(17)16(10)18/h2-5,14,17-18H,11-13H2,1H3. The molecule has 1 aliphatic heterocycles. The van der Waals surface area contributed by atoms with Crippen molar-refractivity contribution < 1.29 is 14.8 Å². The van der Waals surface area contributed by atoms with Crippen molar-refractivity contribution in [2.75, 3.05) is 0 Å². The monoisotopic (exact) mass is 268 g/mol. The molecule has 0 aromatic carbocycles. The molecule has 2 heterocycles. The number of nitrogens with one attached hydrogen (secondary N) is 1. The van der Waals surface area contributed by atoms with Crippen molar-refractivity contribution in [3.05, 3.63) is 47.2 Å². The zero-order valence-electron chi connectivity index (χ0n) is 10.2. The number of hydrazine groups is 1. The van der Waals surface area contributed by atoms with Gasteiger partial charge in [-0.15, -0.1) is 10.3 Å². The van der Waals surface area contributed by atoms with Gasteiger partial charge in [-0.1, -0.05) is 0 Å². The highest BCUT2D eigenvalue weighted by atomic mass is 16.7. The van der Waals surface area contributed by atoms with E-state index in [-0.39, 0.29) is 34.3 Å². The third-order valence-corrected chi connectivity index (χ3v) is 2.81. The first-order chi connectivity index (χ1) is 8.93. The van der Waals surface area contributed by atoms with E-state index in [4.69, 9.17) is 21.6 Å². The number of rotatable bonds is 3. The molecule has 1 unspecified atom stereocenters. The fourth-order valence-corrected chi connectivity index (χ4v) is 1.62. The fraction of sp³-hybridized carbons (Fsp3) is 0.200. The number of nitrogens with two attached hydrogens (primary N) is 3. The van der Waals surface area contributed by atoms with Gasteiger partial charge in [-0.2, -0.15) is 0 Å². The maximum absolute atomic E-state index is 9.76. The van der Waals surface area contributed by atoms with E-state index in [1.165, 1.54) is 6.26 Å². The summed E-state index contributed by atoms with van der Waals surface area (Å²) in [4.78, 5) is 0. The van der Waals surface area contributed by atoms with E-state index in [0.29, 0.717) is 5.17 Å². The second-order valence-corrected chi connectivity index (χ2v) is 4.06. The van der Waals surface area contributed by atoms with Gasteiger partial charge in [-0.25, -0.2) is 0 Å². The van der Waals surface area contributed by atoms with E-state index in [1.54, 1.807) is 12.3 Å². The smallest absolute Gasteiger partial charge is 0.179 e. The number of hydroxylamine groups is 2. The molecule has 1 aromatic heterocycles. The van der Waals surface area contributed by atoms with E-state index >= 15 is 0 Å². The summed E-state index contributed by atoms with van der Waals surface area (Å²) in [5, 5.41) is 22.9. The average Bonchev–Trinajstić information content (AvgIpc) is 2.93. The number of nitrogens with zero attached hydrogens (tertiary/aromatic N) is 2. The van der Waals surface area contributed by atoms with Crippen LogP contribution in [0.4, 0.5) is 0 Å². The lowest BCUT2D eigenvalue weighted by molar-refractivity contribution is -0.334. The molecule has 2 rings (SSSR count). The van der Waals surface area contributed by atoms with Gasteiger partial charge in [0, 0.05) is 5.56 Å². The Labute approximate surface area is 109 Å². The lowest BCUT2D eigenvalue weighted by Crippen LogP contribution is -2.49. The molecule has 1 aromatic rings. The van der Waals surface area contributed by atoms with Crippen LogP contribution in [0.15, 0.2) is 46.0 Å². The quantitative estimate of drug-likeness (QED) is 0.424. The van der Waals surface area contributed by atoms with Gasteiger partial charge in [-0.3, -0.25) is 10.4 Å². The van der Waals surface area contributed by atoms with Crippen LogP contribution in [0.2, 0.25) is 0 Å². The lowest BCUT2D eigenvalue weighted by Gasteiger charge is -2.35. The highest BCUT2D eigenvalue weighted by molar-refractivity contribution is 5.34. The van der Waals surface area contributed by atoms with Crippen molar-refractivity contribution in [1.82, 2.24) is 15.7 Å². The van der Waals surface area contributed by atoms with Crippen LogP contribution in [0, 0.1) is 0 Å². The molecule has 104 valence electrons. The van der Waals surface area contributed by atoms with Gasteiger partial charge in [0.1, 0.15) is 11.4 Å². The predicted octanol–water partition coefficient (Wildman–Crippen LogP) is -0.544. The van der Waals surface area contributed by atoms with Gasteiger partial charge in [0.15, 0.2) is 11.6 Å². The van der Waals surface area contributed by atoms with Crippen molar-refractivity contribution in [2.45, 2.75) is 13.0 Å². The summed E-state index contributed by atoms with van der Waals surface area (Å²) in [6.45, 7) is 1.82. The van der Waals surface area contributed by atoms with Crippen molar-refractivity contribution in [2.24, 2.45) is 17.2 Å².